The van der Waals surface area contributed by atoms with Crippen molar-refractivity contribution in [3.63, 3.8) is 0 Å². The van der Waals surface area contributed by atoms with Crippen molar-refractivity contribution in [3.05, 3.63) is 35.9 Å². The molecule has 0 saturated heterocycles. The van der Waals surface area contributed by atoms with Gasteiger partial charge in [0.2, 0.25) is 11.8 Å². The zero-order chi connectivity index (χ0) is 20.0. The summed E-state index contributed by atoms with van der Waals surface area (Å²) in [7, 11) is 0. The highest BCUT2D eigenvalue weighted by molar-refractivity contribution is 5.88. The third-order valence-electron chi connectivity index (χ3n) is 5.97. The number of benzene rings is 1. The molecule has 0 aliphatic heterocycles. The maximum atomic E-state index is 13.2. The molecule has 3 N–H and O–H groups in total. The van der Waals surface area contributed by atoms with Crippen LogP contribution in [-0.2, 0) is 9.59 Å². The number of rotatable bonds is 8. The van der Waals surface area contributed by atoms with Crippen molar-refractivity contribution >= 4 is 11.8 Å². The molecule has 0 bridgehead atoms. The lowest BCUT2D eigenvalue weighted by Gasteiger charge is -2.40. The van der Waals surface area contributed by atoms with Crippen LogP contribution in [0.15, 0.2) is 30.3 Å². The first-order chi connectivity index (χ1) is 12.9. The summed E-state index contributed by atoms with van der Waals surface area (Å²) < 4.78 is 0. The molecule has 1 aliphatic carbocycles. The molecule has 5 atom stereocenters. The second-order valence-corrected chi connectivity index (χ2v) is 7.99. The molecule has 0 radical (unpaired) electrons. The van der Waals surface area contributed by atoms with E-state index in [9.17, 15) is 9.59 Å². The number of hydrogen-bond acceptors (Lipinski definition) is 3. The molecule has 1 aromatic carbocycles. The molecule has 0 heterocycles. The summed E-state index contributed by atoms with van der Waals surface area (Å²) in [5, 5.41) is 2.72. The van der Waals surface area contributed by atoms with Crippen molar-refractivity contribution in [1.82, 2.24) is 10.2 Å². The zero-order valence-electron chi connectivity index (χ0n) is 17.2. The van der Waals surface area contributed by atoms with E-state index in [0.717, 1.165) is 12.8 Å². The lowest BCUT2D eigenvalue weighted by atomic mass is 9.82. The van der Waals surface area contributed by atoms with Crippen LogP contribution in [-0.4, -0.2) is 41.9 Å². The first-order valence-electron chi connectivity index (χ1n) is 10.2. The summed E-state index contributed by atoms with van der Waals surface area (Å²) >= 11 is 0. The first kappa shape index (κ1) is 21.4. The molecule has 2 rings (SSSR count). The number of amides is 2. The molecule has 0 aromatic heterocycles. The fraction of sp³-hybridized carbons (Fsp3) is 0.636. The average molecular weight is 374 g/mol. The Hall–Kier alpha value is -1.88. The van der Waals surface area contributed by atoms with Crippen LogP contribution < -0.4 is 11.1 Å². The van der Waals surface area contributed by atoms with Crippen LogP contribution in [0.1, 0.15) is 58.4 Å². The van der Waals surface area contributed by atoms with Gasteiger partial charge in [0.25, 0.3) is 0 Å². The Morgan fingerprint density at radius 1 is 1.22 bits per heavy atom. The minimum Gasteiger partial charge on any atom is -0.343 e. The molecule has 27 heavy (non-hydrogen) atoms. The van der Waals surface area contributed by atoms with Crippen LogP contribution in [0.4, 0.5) is 0 Å². The highest BCUT2D eigenvalue weighted by Crippen LogP contribution is 2.40. The average Bonchev–Trinajstić information content (AvgIpc) is 3.11. The van der Waals surface area contributed by atoms with Gasteiger partial charge < -0.3 is 16.0 Å². The second-order valence-electron chi connectivity index (χ2n) is 7.99. The third kappa shape index (κ3) is 5.32. The quantitative estimate of drug-likeness (QED) is 0.736. The fourth-order valence-electron chi connectivity index (χ4n) is 4.57. The van der Waals surface area contributed by atoms with Crippen LogP contribution in [0.5, 0.6) is 0 Å². The smallest absolute Gasteiger partial charge is 0.245 e. The number of nitrogens with two attached hydrogens (primary N) is 1. The van der Waals surface area contributed by atoms with Gasteiger partial charge in [0.05, 0.1) is 6.54 Å². The first-order valence-corrected chi connectivity index (χ1v) is 10.2. The van der Waals surface area contributed by atoms with Crippen molar-refractivity contribution in [2.75, 3.05) is 13.1 Å². The van der Waals surface area contributed by atoms with Gasteiger partial charge in [0.15, 0.2) is 0 Å². The van der Waals surface area contributed by atoms with Crippen LogP contribution >= 0.6 is 0 Å². The molecular formula is C22H35N3O2. The molecule has 5 heteroatoms. The molecule has 150 valence electrons. The van der Waals surface area contributed by atoms with Gasteiger partial charge in [-0.2, -0.15) is 0 Å². The highest BCUT2D eigenvalue weighted by Gasteiger charge is 2.39. The number of nitrogens with one attached hydrogen (secondary N) is 1. The van der Waals surface area contributed by atoms with E-state index in [1.54, 1.807) is 6.92 Å². The molecule has 1 fully saturated rings. The zero-order valence-corrected chi connectivity index (χ0v) is 17.2. The molecule has 0 spiro atoms. The predicted octanol–water partition coefficient (Wildman–Crippen LogP) is 2.91. The van der Waals surface area contributed by atoms with Gasteiger partial charge in [0.1, 0.15) is 6.04 Å². The molecule has 2 amide bonds. The van der Waals surface area contributed by atoms with Crippen LogP contribution in [0.3, 0.4) is 0 Å². The predicted molar refractivity (Wildman–Crippen MR) is 109 cm³/mol. The Balaban J connectivity index is 2.29. The van der Waals surface area contributed by atoms with E-state index in [0.29, 0.717) is 18.4 Å². The Labute approximate surface area is 163 Å². The van der Waals surface area contributed by atoms with Crippen molar-refractivity contribution < 1.29 is 9.59 Å². The molecular weight excluding hydrogens is 338 g/mol. The minimum atomic E-state index is -0.565. The van der Waals surface area contributed by atoms with Crippen molar-refractivity contribution in [3.8, 4) is 0 Å². The standard InChI is InChI=1S/C22H35N3O2/c1-5-25(22(27)17(4)24-20(26)14-23)21(19-12-11-15(2)13-19)16(3)18-9-7-6-8-10-18/h6-10,15-17,19,21H,5,11-14,23H2,1-4H3,(H,24,26)/t15?,16?,17-,19?,21?/m0/s1. The van der Waals surface area contributed by atoms with Crippen LogP contribution in [0.2, 0.25) is 0 Å². The van der Waals surface area contributed by atoms with Gasteiger partial charge in [0, 0.05) is 18.5 Å². The van der Waals surface area contributed by atoms with E-state index in [1.807, 2.05) is 17.9 Å². The monoisotopic (exact) mass is 373 g/mol. The van der Waals surface area contributed by atoms with Gasteiger partial charge >= 0.3 is 0 Å². The van der Waals surface area contributed by atoms with E-state index >= 15 is 0 Å². The van der Waals surface area contributed by atoms with Gasteiger partial charge in [-0.05, 0) is 44.1 Å². The molecule has 1 saturated carbocycles. The van der Waals surface area contributed by atoms with Gasteiger partial charge in [-0.3, -0.25) is 9.59 Å². The van der Waals surface area contributed by atoms with E-state index < -0.39 is 6.04 Å². The summed E-state index contributed by atoms with van der Waals surface area (Å²) in [4.78, 5) is 26.9. The number of hydrogen-bond donors (Lipinski definition) is 2. The number of carbonyl (C=O) groups excluding carboxylic acids is 2. The number of likely N-dealkylation sites (N-methyl/N-ethyl adjacent to an activating group) is 1. The summed E-state index contributed by atoms with van der Waals surface area (Å²) in [6, 6.07) is 10.0. The summed E-state index contributed by atoms with van der Waals surface area (Å²) in [5.74, 6) is 1.10. The lowest BCUT2D eigenvalue weighted by Crippen LogP contribution is -2.54. The van der Waals surface area contributed by atoms with Crippen LogP contribution in [0, 0.1) is 11.8 Å². The SMILES string of the molecule is CCN(C(=O)[C@H](C)NC(=O)CN)C(C1CCC(C)C1)C(C)c1ccccc1. The molecule has 4 unspecified atom stereocenters. The number of carbonyl (C=O) groups is 2. The largest absolute Gasteiger partial charge is 0.343 e. The van der Waals surface area contributed by atoms with Gasteiger partial charge in [-0.1, -0.05) is 50.6 Å². The Bertz CT molecular complexity index is 619. The van der Waals surface area contributed by atoms with Gasteiger partial charge in [-0.15, -0.1) is 0 Å². The maximum absolute atomic E-state index is 13.2. The fourth-order valence-corrected chi connectivity index (χ4v) is 4.57. The van der Waals surface area contributed by atoms with E-state index in [-0.39, 0.29) is 30.3 Å². The van der Waals surface area contributed by atoms with Crippen LogP contribution in [0.25, 0.3) is 0 Å². The van der Waals surface area contributed by atoms with E-state index in [1.165, 1.54) is 12.0 Å². The summed E-state index contributed by atoms with van der Waals surface area (Å²) in [6.45, 7) is 8.83. The van der Waals surface area contributed by atoms with Crippen molar-refractivity contribution in [1.29, 1.82) is 0 Å². The summed E-state index contributed by atoms with van der Waals surface area (Å²) in [6.07, 6.45) is 3.51. The minimum absolute atomic E-state index is 0.0216. The summed E-state index contributed by atoms with van der Waals surface area (Å²) in [5.41, 5.74) is 6.65. The number of nitrogens with zero attached hydrogens (tertiary/aromatic N) is 1. The molecule has 5 nitrogen and oxygen atoms in total. The Kier molecular flexibility index (Phi) is 7.84. The van der Waals surface area contributed by atoms with E-state index in [2.05, 4.69) is 43.4 Å². The Morgan fingerprint density at radius 3 is 2.41 bits per heavy atom. The van der Waals surface area contributed by atoms with Crippen molar-refractivity contribution in [2.45, 2.75) is 65.0 Å². The second kappa shape index (κ2) is 9.88. The lowest BCUT2D eigenvalue weighted by molar-refractivity contribution is -0.139. The van der Waals surface area contributed by atoms with Crippen molar-refractivity contribution in [2.24, 2.45) is 17.6 Å². The maximum Gasteiger partial charge on any atom is 0.245 e. The molecule has 1 aromatic rings. The molecule has 1 aliphatic rings. The third-order valence-corrected chi connectivity index (χ3v) is 5.97. The Morgan fingerprint density at radius 2 is 1.89 bits per heavy atom. The van der Waals surface area contributed by atoms with E-state index in [4.69, 9.17) is 5.73 Å². The van der Waals surface area contributed by atoms with Gasteiger partial charge in [-0.25, -0.2) is 0 Å². The topological polar surface area (TPSA) is 75.4 Å². The normalized spacial score (nSPS) is 22.7. The highest BCUT2D eigenvalue weighted by atomic mass is 16.2.